The summed E-state index contributed by atoms with van der Waals surface area (Å²) in [6.07, 6.45) is 4.61. The summed E-state index contributed by atoms with van der Waals surface area (Å²) in [6, 6.07) is 10.6. The van der Waals surface area contributed by atoms with E-state index in [0.717, 1.165) is 38.8 Å². The highest BCUT2D eigenvalue weighted by Gasteiger charge is 2.31. The van der Waals surface area contributed by atoms with Gasteiger partial charge in [-0.1, -0.05) is 51.0 Å². The lowest BCUT2D eigenvalue weighted by atomic mass is 9.84. The molecule has 1 amide bonds. The fourth-order valence-corrected chi connectivity index (χ4v) is 5.45. The maximum atomic E-state index is 13.2. The van der Waals surface area contributed by atoms with Crippen molar-refractivity contribution in [1.82, 2.24) is 9.21 Å². The van der Waals surface area contributed by atoms with Crippen molar-refractivity contribution < 1.29 is 22.8 Å². The van der Waals surface area contributed by atoms with Crippen LogP contribution in [-0.4, -0.2) is 61.8 Å². The molecule has 0 fully saturated rings. The summed E-state index contributed by atoms with van der Waals surface area (Å²) < 4.78 is 27.6. The second-order valence-electron chi connectivity index (χ2n) is 8.93. The lowest BCUT2D eigenvalue weighted by molar-refractivity contribution is -0.131. The van der Waals surface area contributed by atoms with E-state index < -0.39 is 10.0 Å². The van der Waals surface area contributed by atoms with Crippen LogP contribution in [0.1, 0.15) is 84.2 Å². The first kappa shape index (κ1) is 26.8. The highest BCUT2D eigenvalue weighted by molar-refractivity contribution is 7.89. The van der Waals surface area contributed by atoms with E-state index in [1.165, 1.54) is 29.6 Å². The Morgan fingerprint density at radius 3 is 1.89 bits per heavy atom. The standard InChI is InChI=1S/C27H34N2O5S/c1-4-6-17-29(18-7-5-2)25(30)13-10-16-28(3)35(33,34)20-14-15-23-24(19-20)27(32)22-12-9-8-11-21(22)26(23)31/h8-9,11-12,14-15,19H,4-7,10,13,16-18H2,1-3H3. The van der Waals surface area contributed by atoms with Crippen LogP contribution in [0.5, 0.6) is 0 Å². The zero-order chi connectivity index (χ0) is 25.6. The molecule has 0 aliphatic heterocycles. The number of hydrogen-bond donors (Lipinski definition) is 0. The fourth-order valence-electron chi connectivity index (χ4n) is 4.21. The first-order valence-corrected chi connectivity index (χ1v) is 13.7. The number of fused-ring (bicyclic) bond motifs is 2. The Balaban J connectivity index is 1.69. The number of carbonyl (C=O) groups excluding carboxylic acids is 3. The molecular formula is C27H34N2O5S. The number of carbonyl (C=O) groups is 3. The van der Waals surface area contributed by atoms with Gasteiger partial charge in [0.2, 0.25) is 15.9 Å². The first-order chi connectivity index (χ1) is 16.7. The number of nitrogens with zero attached hydrogens (tertiary/aromatic N) is 2. The lowest BCUT2D eigenvalue weighted by Crippen LogP contribution is -2.34. The van der Waals surface area contributed by atoms with Gasteiger partial charge in [-0.05, 0) is 37.5 Å². The number of sulfonamides is 1. The van der Waals surface area contributed by atoms with Gasteiger partial charge in [0, 0.05) is 55.4 Å². The van der Waals surface area contributed by atoms with Gasteiger partial charge in [0.15, 0.2) is 11.6 Å². The lowest BCUT2D eigenvalue weighted by Gasteiger charge is -2.23. The molecule has 2 aromatic carbocycles. The molecule has 8 heteroatoms. The van der Waals surface area contributed by atoms with E-state index in [4.69, 9.17) is 0 Å². The zero-order valence-electron chi connectivity index (χ0n) is 20.7. The highest BCUT2D eigenvalue weighted by Crippen LogP contribution is 2.29. The average Bonchev–Trinajstić information content (AvgIpc) is 2.86. The summed E-state index contributed by atoms with van der Waals surface area (Å²) in [4.78, 5) is 40.3. The van der Waals surface area contributed by atoms with Crippen LogP contribution in [-0.2, 0) is 14.8 Å². The predicted octanol–water partition coefficient (Wildman–Crippen LogP) is 4.29. The SMILES string of the molecule is CCCCN(CCCC)C(=O)CCCN(C)S(=O)(=O)c1ccc2c(c1)C(=O)c1ccccc1C2=O. The number of amides is 1. The van der Waals surface area contributed by atoms with E-state index >= 15 is 0 Å². The molecule has 0 saturated heterocycles. The number of rotatable bonds is 12. The van der Waals surface area contributed by atoms with Gasteiger partial charge in [-0.25, -0.2) is 12.7 Å². The van der Waals surface area contributed by atoms with E-state index in [1.807, 2.05) is 4.90 Å². The second kappa shape index (κ2) is 11.7. The van der Waals surface area contributed by atoms with Crippen molar-refractivity contribution in [1.29, 1.82) is 0 Å². The van der Waals surface area contributed by atoms with Crippen molar-refractivity contribution in [2.24, 2.45) is 0 Å². The van der Waals surface area contributed by atoms with Crippen LogP contribution in [0.4, 0.5) is 0 Å². The van der Waals surface area contributed by atoms with Crippen molar-refractivity contribution >= 4 is 27.5 Å². The number of hydrogen-bond acceptors (Lipinski definition) is 5. The van der Waals surface area contributed by atoms with E-state index in [1.54, 1.807) is 24.3 Å². The Bertz CT molecular complexity index is 1200. The van der Waals surface area contributed by atoms with Crippen molar-refractivity contribution in [2.45, 2.75) is 57.3 Å². The normalized spacial score (nSPS) is 13.0. The van der Waals surface area contributed by atoms with Crippen molar-refractivity contribution in [3.05, 3.63) is 64.7 Å². The largest absolute Gasteiger partial charge is 0.343 e. The molecule has 0 aromatic heterocycles. The Kier molecular flexibility index (Phi) is 8.97. The molecule has 0 N–H and O–H groups in total. The maximum absolute atomic E-state index is 13.2. The van der Waals surface area contributed by atoms with Gasteiger partial charge in [0.25, 0.3) is 0 Å². The number of unbranched alkanes of at least 4 members (excludes halogenated alkanes) is 2. The third-order valence-corrected chi connectivity index (χ3v) is 8.24. The summed E-state index contributed by atoms with van der Waals surface area (Å²) >= 11 is 0. The minimum atomic E-state index is -3.89. The average molecular weight is 499 g/mol. The molecule has 2 aromatic rings. The van der Waals surface area contributed by atoms with E-state index in [9.17, 15) is 22.8 Å². The molecule has 3 rings (SSSR count). The number of benzene rings is 2. The van der Waals surface area contributed by atoms with Gasteiger partial charge in [-0.3, -0.25) is 14.4 Å². The molecule has 0 atom stereocenters. The van der Waals surface area contributed by atoms with Crippen LogP contribution in [0.25, 0.3) is 0 Å². The van der Waals surface area contributed by atoms with E-state index in [0.29, 0.717) is 12.0 Å². The molecule has 0 spiro atoms. The van der Waals surface area contributed by atoms with Crippen molar-refractivity contribution in [3.8, 4) is 0 Å². The monoisotopic (exact) mass is 498 g/mol. The minimum Gasteiger partial charge on any atom is -0.343 e. The van der Waals surface area contributed by atoms with Gasteiger partial charge in [-0.15, -0.1) is 0 Å². The highest BCUT2D eigenvalue weighted by atomic mass is 32.2. The van der Waals surface area contributed by atoms with Gasteiger partial charge in [0.1, 0.15) is 0 Å². The molecule has 188 valence electrons. The fraction of sp³-hybridized carbons (Fsp3) is 0.444. The summed E-state index contributed by atoms with van der Waals surface area (Å²) in [6.45, 7) is 5.82. The summed E-state index contributed by atoms with van der Waals surface area (Å²) in [5.74, 6) is -0.601. The molecule has 1 aliphatic rings. The third-order valence-electron chi connectivity index (χ3n) is 6.38. The smallest absolute Gasteiger partial charge is 0.242 e. The summed E-state index contributed by atoms with van der Waals surface area (Å²) in [5.41, 5.74) is 0.914. The van der Waals surface area contributed by atoms with Crippen LogP contribution < -0.4 is 0 Å². The Morgan fingerprint density at radius 1 is 0.771 bits per heavy atom. The summed E-state index contributed by atoms with van der Waals surface area (Å²) in [7, 11) is -2.43. The minimum absolute atomic E-state index is 0.0434. The van der Waals surface area contributed by atoms with Crippen molar-refractivity contribution in [2.75, 3.05) is 26.7 Å². The predicted molar refractivity (Wildman–Crippen MR) is 135 cm³/mol. The number of ketones is 2. The Labute approximate surface area is 208 Å². The van der Waals surface area contributed by atoms with Gasteiger partial charge in [-0.2, -0.15) is 0 Å². The van der Waals surface area contributed by atoms with Gasteiger partial charge < -0.3 is 4.90 Å². The molecule has 35 heavy (non-hydrogen) atoms. The van der Waals surface area contributed by atoms with Crippen LogP contribution in [0.2, 0.25) is 0 Å². The topological polar surface area (TPSA) is 91.8 Å². The first-order valence-electron chi connectivity index (χ1n) is 12.3. The Hall–Kier alpha value is -2.84. The van der Waals surface area contributed by atoms with Crippen LogP contribution in [0, 0.1) is 0 Å². The molecule has 0 bridgehead atoms. The van der Waals surface area contributed by atoms with Crippen LogP contribution in [0.15, 0.2) is 47.4 Å². The maximum Gasteiger partial charge on any atom is 0.242 e. The Morgan fingerprint density at radius 2 is 1.31 bits per heavy atom. The quantitative estimate of drug-likeness (QED) is 0.371. The zero-order valence-corrected chi connectivity index (χ0v) is 21.6. The second-order valence-corrected chi connectivity index (χ2v) is 11.0. The van der Waals surface area contributed by atoms with Crippen LogP contribution in [0.3, 0.4) is 0 Å². The van der Waals surface area contributed by atoms with E-state index in [-0.39, 0.29) is 52.0 Å². The molecule has 0 saturated carbocycles. The van der Waals surface area contributed by atoms with Gasteiger partial charge in [0.05, 0.1) is 4.90 Å². The molecule has 0 radical (unpaired) electrons. The summed E-state index contributed by atoms with van der Waals surface area (Å²) in [5, 5.41) is 0. The third kappa shape index (κ3) is 5.87. The molecule has 7 nitrogen and oxygen atoms in total. The molecule has 0 unspecified atom stereocenters. The molecular weight excluding hydrogens is 464 g/mol. The van der Waals surface area contributed by atoms with Crippen LogP contribution >= 0.6 is 0 Å². The van der Waals surface area contributed by atoms with Gasteiger partial charge >= 0.3 is 0 Å². The van der Waals surface area contributed by atoms with Crippen molar-refractivity contribution in [3.63, 3.8) is 0 Å². The molecule has 0 heterocycles. The molecule has 1 aliphatic carbocycles. The van der Waals surface area contributed by atoms with E-state index in [2.05, 4.69) is 13.8 Å².